The quantitative estimate of drug-likeness (QED) is 0.685. The number of amides is 1. The lowest BCUT2D eigenvalue weighted by atomic mass is 10.1. The molecular formula is C17H23N5O3S2. The van der Waals surface area contributed by atoms with Crippen LogP contribution in [0, 0.1) is 0 Å². The first kappa shape index (κ1) is 18.6. The van der Waals surface area contributed by atoms with Crippen LogP contribution in [-0.4, -0.2) is 54.5 Å². The summed E-state index contributed by atoms with van der Waals surface area (Å²) < 4.78 is 27.6. The van der Waals surface area contributed by atoms with Gasteiger partial charge in [0.15, 0.2) is 0 Å². The predicted octanol–water partition coefficient (Wildman–Crippen LogP) is 1.09. The second kappa shape index (κ2) is 7.70. The number of aromatic amines is 1. The number of piperidine rings is 1. The first-order chi connectivity index (χ1) is 13.1. The summed E-state index contributed by atoms with van der Waals surface area (Å²) in [6.07, 6.45) is 5.69. The number of H-pyrrole nitrogens is 1. The minimum atomic E-state index is -3.74. The Labute approximate surface area is 162 Å². The summed E-state index contributed by atoms with van der Waals surface area (Å²) in [7, 11) is -3.74. The smallest absolute Gasteiger partial charge is 0.262 e. The number of thiophene rings is 1. The van der Waals surface area contributed by atoms with E-state index >= 15 is 0 Å². The molecule has 4 rings (SSSR count). The van der Waals surface area contributed by atoms with E-state index in [9.17, 15) is 13.2 Å². The van der Waals surface area contributed by atoms with E-state index in [2.05, 4.69) is 20.8 Å². The molecule has 0 unspecified atom stereocenters. The Bertz CT molecular complexity index is 915. The molecule has 0 bridgehead atoms. The molecule has 0 aromatic carbocycles. The number of carbonyl (C=O) groups excluding carboxylic acids is 1. The first-order valence-corrected chi connectivity index (χ1v) is 11.5. The van der Waals surface area contributed by atoms with Crippen LogP contribution in [0.1, 0.15) is 40.2 Å². The van der Waals surface area contributed by atoms with Crippen molar-refractivity contribution in [2.45, 2.75) is 43.2 Å². The van der Waals surface area contributed by atoms with Crippen LogP contribution in [-0.2, 0) is 23.0 Å². The molecule has 3 N–H and O–H groups in total. The van der Waals surface area contributed by atoms with Gasteiger partial charge < -0.3 is 10.6 Å². The number of rotatable bonds is 5. The van der Waals surface area contributed by atoms with Crippen molar-refractivity contribution in [2.75, 3.05) is 19.6 Å². The molecule has 2 aliphatic heterocycles. The van der Waals surface area contributed by atoms with Crippen LogP contribution in [0.25, 0.3) is 0 Å². The van der Waals surface area contributed by atoms with Crippen LogP contribution in [0.4, 0.5) is 0 Å². The highest BCUT2D eigenvalue weighted by Crippen LogP contribution is 2.28. The fraction of sp³-hybridized carbons (Fsp3) is 0.529. The molecule has 1 amide bonds. The molecule has 2 aromatic rings. The van der Waals surface area contributed by atoms with Crippen molar-refractivity contribution >= 4 is 27.3 Å². The van der Waals surface area contributed by atoms with E-state index in [1.807, 2.05) is 0 Å². The molecule has 1 fully saturated rings. The largest absolute Gasteiger partial charge is 0.350 e. The van der Waals surface area contributed by atoms with Crippen LogP contribution in [0.15, 0.2) is 22.5 Å². The molecule has 1 atom stereocenters. The Kier molecular flexibility index (Phi) is 5.31. The Morgan fingerprint density at radius 1 is 1.41 bits per heavy atom. The van der Waals surface area contributed by atoms with E-state index in [0.717, 1.165) is 48.4 Å². The normalized spacial score (nSPS) is 21.0. The van der Waals surface area contributed by atoms with Gasteiger partial charge in [-0.3, -0.25) is 9.89 Å². The van der Waals surface area contributed by atoms with Crippen LogP contribution in [0.5, 0.6) is 0 Å². The summed E-state index contributed by atoms with van der Waals surface area (Å²) in [5.41, 5.74) is 1.86. The molecule has 4 heterocycles. The number of hydrogen-bond donors (Lipinski definition) is 3. The lowest BCUT2D eigenvalue weighted by Gasteiger charge is -2.26. The zero-order chi connectivity index (χ0) is 18.9. The summed E-state index contributed by atoms with van der Waals surface area (Å²) in [6.45, 7) is 2.11. The number of aromatic nitrogens is 2. The fourth-order valence-electron chi connectivity index (χ4n) is 3.60. The molecule has 0 radical (unpaired) electrons. The van der Waals surface area contributed by atoms with Crippen molar-refractivity contribution < 1.29 is 13.2 Å². The maximum Gasteiger partial charge on any atom is 0.262 e. The molecule has 0 spiro atoms. The van der Waals surface area contributed by atoms with E-state index in [4.69, 9.17) is 0 Å². The third-order valence-electron chi connectivity index (χ3n) is 5.15. The highest BCUT2D eigenvalue weighted by Gasteiger charge is 2.33. The molecule has 2 aliphatic rings. The first-order valence-electron chi connectivity index (χ1n) is 9.16. The summed E-state index contributed by atoms with van der Waals surface area (Å²) in [5, 5.41) is 14.8. The highest BCUT2D eigenvalue weighted by atomic mass is 32.2. The third kappa shape index (κ3) is 3.79. The summed E-state index contributed by atoms with van der Waals surface area (Å²) in [5.74, 6) is -0.324. The van der Waals surface area contributed by atoms with Crippen LogP contribution >= 0.6 is 11.3 Å². The maximum absolute atomic E-state index is 13.1. The molecule has 146 valence electrons. The van der Waals surface area contributed by atoms with Crippen LogP contribution < -0.4 is 10.6 Å². The van der Waals surface area contributed by atoms with Gasteiger partial charge >= 0.3 is 0 Å². The number of carbonyl (C=O) groups is 1. The average Bonchev–Trinajstić information content (AvgIpc) is 3.35. The van der Waals surface area contributed by atoms with Crippen molar-refractivity contribution in [3.05, 3.63) is 33.8 Å². The lowest BCUT2D eigenvalue weighted by molar-refractivity contribution is 0.0948. The van der Waals surface area contributed by atoms with Crippen molar-refractivity contribution in [2.24, 2.45) is 0 Å². The Hall–Kier alpha value is -1.75. The molecular weight excluding hydrogens is 386 g/mol. The van der Waals surface area contributed by atoms with Gasteiger partial charge in [0.25, 0.3) is 5.91 Å². The van der Waals surface area contributed by atoms with Gasteiger partial charge in [0, 0.05) is 19.1 Å². The fourth-order valence-corrected chi connectivity index (χ4v) is 6.32. The summed E-state index contributed by atoms with van der Waals surface area (Å²) >= 11 is 1.16. The number of hydrogen-bond acceptors (Lipinski definition) is 6. The number of nitrogens with one attached hydrogen (secondary N) is 3. The Balaban J connectivity index is 1.48. The second-order valence-corrected chi connectivity index (χ2v) is 9.76. The number of nitrogens with zero attached hydrogens (tertiary/aromatic N) is 2. The topological polar surface area (TPSA) is 107 Å². The number of sulfonamides is 1. The van der Waals surface area contributed by atoms with Crippen molar-refractivity contribution in [3.8, 4) is 0 Å². The Morgan fingerprint density at radius 3 is 3.11 bits per heavy atom. The highest BCUT2D eigenvalue weighted by molar-refractivity contribution is 7.89. The maximum atomic E-state index is 13.1. The van der Waals surface area contributed by atoms with E-state index in [-0.39, 0.29) is 28.3 Å². The van der Waals surface area contributed by atoms with Gasteiger partial charge in [0.05, 0.1) is 18.4 Å². The minimum Gasteiger partial charge on any atom is -0.350 e. The van der Waals surface area contributed by atoms with Gasteiger partial charge in [-0.25, -0.2) is 8.42 Å². The molecule has 0 saturated carbocycles. The van der Waals surface area contributed by atoms with E-state index in [1.165, 1.54) is 10.4 Å². The van der Waals surface area contributed by atoms with E-state index < -0.39 is 10.0 Å². The van der Waals surface area contributed by atoms with Crippen LogP contribution in [0.3, 0.4) is 0 Å². The Morgan fingerprint density at radius 2 is 2.30 bits per heavy atom. The third-order valence-corrected chi connectivity index (χ3v) is 8.08. The van der Waals surface area contributed by atoms with Gasteiger partial charge in [0.1, 0.15) is 9.77 Å². The van der Waals surface area contributed by atoms with E-state index in [1.54, 1.807) is 11.6 Å². The summed E-state index contributed by atoms with van der Waals surface area (Å²) in [4.78, 5) is 13.0. The molecule has 0 aliphatic carbocycles. The molecule has 10 heteroatoms. The van der Waals surface area contributed by atoms with Gasteiger partial charge in [-0.05, 0) is 42.8 Å². The minimum absolute atomic E-state index is 0.0876. The zero-order valence-corrected chi connectivity index (χ0v) is 16.5. The van der Waals surface area contributed by atoms with Gasteiger partial charge in [-0.2, -0.15) is 9.40 Å². The van der Waals surface area contributed by atoms with Crippen molar-refractivity contribution in [3.63, 3.8) is 0 Å². The zero-order valence-electron chi connectivity index (χ0n) is 14.9. The second-order valence-electron chi connectivity index (χ2n) is 6.93. The SMILES string of the molecule is O=C(NC[C@H]1CCCCN1)c1sccc1S(=O)(=O)N1CCc2cn[nH]c2C1. The standard InChI is InChI=1S/C17H23N5O3S2/c23-17(19-10-13-3-1-2-6-18-13)16-15(5-8-26-16)27(24,25)22-7-4-12-9-20-21-14(12)11-22/h5,8-9,13,18H,1-4,6-7,10-11H2,(H,19,23)(H,20,21)/t13-/m1/s1. The van der Waals surface area contributed by atoms with E-state index in [0.29, 0.717) is 19.5 Å². The van der Waals surface area contributed by atoms with Gasteiger partial charge in [-0.1, -0.05) is 6.42 Å². The van der Waals surface area contributed by atoms with Crippen molar-refractivity contribution in [1.29, 1.82) is 0 Å². The molecule has 27 heavy (non-hydrogen) atoms. The van der Waals surface area contributed by atoms with Crippen LogP contribution in [0.2, 0.25) is 0 Å². The summed E-state index contributed by atoms with van der Waals surface area (Å²) in [6, 6.07) is 1.78. The van der Waals surface area contributed by atoms with Gasteiger partial charge in [0.2, 0.25) is 10.0 Å². The predicted molar refractivity (Wildman–Crippen MR) is 102 cm³/mol. The van der Waals surface area contributed by atoms with Crippen molar-refractivity contribution in [1.82, 2.24) is 25.1 Å². The average molecular weight is 410 g/mol. The lowest BCUT2D eigenvalue weighted by Crippen LogP contribution is -2.43. The monoisotopic (exact) mass is 409 g/mol. The molecule has 1 saturated heterocycles. The molecule has 2 aromatic heterocycles. The number of fused-ring (bicyclic) bond motifs is 1. The van der Waals surface area contributed by atoms with Gasteiger partial charge in [-0.15, -0.1) is 11.3 Å². The molecule has 8 nitrogen and oxygen atoms in total.